The van der Waals surface area contributed by atoms with Crippen molar-refractivity contribution in [3.05, 3.63) is 24.3 Å². The van der Waals surface area contributed by atoms with Crippen LogP contribution in [-0.4, -0.2) is 11.7 Å². The minimum Gasteiger partial charge on any atom is -0.504 e. The monoisotopic (exact) mass is 159 g/mol. The molecule has 0 bridgehead atoms. The summed E-state index contributed by atoms with van der Waals surface area (Å²) < 4.78 is 27.1. The molecule has 1 aromatic carbocycles. The van der Waals surface area contributed by atoms with Gasteiger partial charge >= 0.3 is 6.61 Å². The Morgan fingerprint density at radius 3 is 2.82 bits per heavy atom. The predicted molar refractivity (Wildman–Crippen MR) is 33.6 cm³/mol. The van der Waals surface area contributed by atoms with Gasteiger partial charge in [0.15, 0.2) is 11.5 Å². The van der Waals surface area contributed by atoms with Crippen LogP contribution < -0.4 is 4.74 Å². The molecule has 59 valence electrons. The summed E-state index contributed by atoms with van der Waals surface area (Å²) in [7, 11) is 0. The summed E-state index contributed by atoms with van der Waals surface area (Å²) in [5.41, 5.74) is 0. The zero-order valence-corrected chi connectivity index (χ0v) is 5.42. The maximum atomic E-state index is 11.6. The van der Waals surface area contributed by atoms with Crippen molar-refractivity contribution in [1.29, 1.82) is 0 Å². The van der Waals surface area contributed by atoms with E-state index in [1.165, 1.54) is 12.1 Å². The number of aromatic hydroxyl groups is 1. The Bertz CT molecular complexity index is 238. The largest absolute Gasteiger partial charge is 0.504 e. The fraction of sp³-hybridized carbons (Fsp3) is 0.143. The molecular formula is C7H5F2O2. The van der Waals surface area contributed by atoms with Gasteiger partial charge in [-0.2, -0.15) is 8.78 Å². The van der Waals surface area contributed by atoms with Crippen molar-refractivity contribution in [3.63, 3.8) is 0 Å². The van der Waals surface area contributed by atoms with E-state index in [-0.39, 0.29) is 11.5 Å². The highest BCUT2D eigenvalue weighted by atomic mass is 19.3. The Kier molecular flexibility index (Phi) is 2.25. The normalized spacial score (nSPS) is 10.1. The number of ether oxygens (including phenoxy) is 1. The number of halogens is 2. The van der Waals surface area contributed by atoms with Crippen molar-refractivity contribution in [2.24, 2.45) is 0 Å². The summed E-state index contributed by atoms with van der Waals surface area (Å²) in [6.45, 7) is -2.91. The van der Waals surface area contributed by atoms with E-state index < -0.39 is 6.61 Å². The van der Waals surface area contributed by atoms with Gasteiger partial charge in [0, 0.05) is 0 Å². The Labute approximate surface area is 62.0 Å². The van der Waals surface area contributed by atoms with Gasteiger partial charge in [0.05, 0.1) is 0 Å². The molecule has 0 aromatic heterocycles. The zero-order chi connectivity index (χ0) is 8.27. The van der Waals surface area contributed by atoms with Crippen molar-refractivity contribution in [2.45, 2.75) is 6.61 Å². The van der Waals surface area contributed by atoms with Crippen LogP contribution in [0.4, 0.5) is 8.78 Å². The zero-order valence-electron chi connectivity index (χ0n) is 5.42. The van der Waals surface area contributed by atoms with E-state index in [0.717, 1.165) is 6.07 Å². The van der Waals surface area contributed by atoms with Crippen LogP contribution in [0.25, 0.3) is 0 Å². The molecule has 0 aliphatic heterocycles. The van der Waals surface area contributed by atoms with Gasteiger partial charge in [0.25, 0.3) is 0 Å². The van der Waals surface area contributed by atoms with E-state index >= 15 is 0 Å². The molecular weight excluding hydrogens is 154 g/mol. The van der Waals surface area contributed by atoms with E-state index in [1.807, 2.05) is 0 Å². The third-order valence-electron chi connectivity index (χ3n) is 1.02. The lowest BCUT2D eigenvalue weighted by atomic mass is 10.3. The van der Waals surface area contributed by atoms with Crippen LogP contribution in [0.1, 0.15) is 0 Å². The van der Waals surface area contributed by atoms with Crippen LogP contribution in [0.2, 0.25) is 0 Å². The van der Waals surface area contributed by atoms with Crippen molar-refractivity contribution in [1.82, 2.24) is 0 Å². The van der Waals surface area contributed by atoms with Crippen LogP contribution in [0.3, 0.4) is 0 Å². The van der Waals surface area contributed by atoms with Crippen molar-refractivity contribution >= 4 is 0 Å². The van der Waals surface area contributed by atoms with Gasteiger partial charge in [-0.05, 0) is 18.2 Å². The maximum Gasteiger partial charge on any atom is 0.387 e. The summed E-state index contributed by atoms with van der Waals surface area (Å²) in [5.74, 6) is -0.577. The summed E-state index contributed by atoms with van der Waals surface area (Å²) in [4.78, 5) is 0. The Morgan fingerprint density at radius 2 is 2.27 bits per heavy atom. The molecule has 11 heavy (non-hydrogen) atoms. The number of phenols is 1. The molecule has 0 saturated heterocycles. The Hall–Kier alpha value is -1.32. The molecule has 0 amide bonds. The number of phenolic OH excluding ortho intramolecular Hbond substituents is 1. The standard InChI is InChI=1S/C7H5F2O2/c8-7(9)11-6-4-2-1-3-5(6)10/h2-4,7,10H. The van der Waals surface area contributed by atoms with Crippen molar-refractivity contribution in [2.75, 3.05) is 0 Å². The van der Waals surface area contributed by atoms with Gasteiger partial charge in [-0.1, -0.05) is 6.07 Å². The molecule has 0 aliphatic rings. The summed E-state index contributed by atoms with van der Waals surface area (Å²) in [5, 5.41) is 8.87. The van der Waals surface area contributed by atoms with Gasteiger partial charge in [-0.25, -0.2) is 0 Å². The highest BCUT2D eigenvalue weighted by Gasteiger charge is 2.06. The Balaban J connectivity index is 2.78. The average molecular weight is 159 g/mol. The fourth-order valence-corrected chi connectivity index (χ4v) is 0.603. The van der Waals surface area contributed by atoms with Gasteiger partial charge in [-0.3, -0.25) is 0 Å². The van der Waals surface area contributed by atoms with E-state index in [1.54, 1.807) is 0 Å². The summed E-state index contributed by atoms with van der Waals surface area (Å²) in [6, 6.07) is 6.23. The molecule has 1 aromatic rings. The summed E-state index contributed by atoms with van der Waals surface area (Å²) >= 11 is 0. The van der Waals surface area contributed by atoms with E-state index in [2.05, 4.69) is 10.8 Å². The molecule has 2 nitrogen and oxygen atoms in total. The second kappa shape index (κ2) is 3.18. The van der Waals surface area contributed by atoms with Gasteiger partial charge in [0.2, 0.25) is 0 Å². The molecule has 0 saturated carbocycles. The minimum atomic E-state index is -2.91. The predicted octanol–water partition coefficient (Wildman–Crippen LogP) is 1.79. The molecule has 4 heteroatoms. The number of rotatable bonds is 2. The van der Waals surface area contributed by atoms with Gasteiger partial charge < -0.3 is 9.84 Å². The molecule has 0 fully saturated rings. The third kappa shape index (κ3) is 2.07. The Morgan fingerprint density at radius 1 is 1.55 bits per heavy atom. The molecule has 0 spiro atoms. The van der Waals surface area contributed by atoms with Gasteiger partial charge in [0.1, 0.15) is 0 Å². The quantitative estimate of drug-likeness (QED) is 0.712. The first-order valence-electron chi connectivity index (χ1n) is 2.84. The summed E-state index contributed by atoms with van der Waals surface area (Å²) in [6.07, 6.45) is 0. The SMILES string of the molecule is Oc1c[c]ccc1OC(F)F. The number of hydrogen-bond acceptors (Lipinski definition) is 2. The van der Waals surface area contributed by atoms with Crippen LogP contribution in [0, 0.1) is 6.07 Å². The smallest absolute Gasteiger partial charge is 0.387 e. The van der Waals surface area contributed by atoms with Crippen molar-refractivity contribution < 1.29 is 18.6 Å². The lowest BCUT2D eigenvalue weighted by Gasteiger charge is -2.04. The molecule has 0 heterocycles. The average Bonchev–Trinajstić information content (AvgIpc) is 1.93. The van der Waals surface area contributed by atoms with E-state index in [4.69, 9.17) is 5.11 Å². The topological polar surface area (TPSA) is 29.5 Å². The molecule has 1 N–H and O–H groups in total. The lowest BCUT2D eigenvalue weighted by Crippen LogP contribution is -2.01. The number of hydrogen-bond donors (Lipinski definition) is 1. The molecule has 0 unspecified atom stereocenters. The minimum absolute atomic E-state index is 0.237. The molecule has 0 aliphatic carbocycles. The first kappa shape index (κ1) is 7.78. The van der Waals surface area contributed by atoms with E-state index in [9.17, 15) is 8.78 Å². The molecule has 1 rings (SSSR count). The van der Waals surface area contributed by atoms with Gasteiger partial charge in [-0.15, -0.1) is 0 Å². The van der Waals surface area contributed by atoms with E-state index in [0.29, 0.717) is 0 Å². The van der Waals surface area contributed by atoms with Crippen LogP contribution in [-0.2, 0) is 0 Å². The van der Waals surface area contributed by atoms with Crippen molar-refractivity contribution in [3.8, 4) is 11.5 Å². The molecule has 1 radical (unpaired) electrons. The first-order chi connectivity index (χ1) is 5.20. The molecule has 0 atom stereocenters. The highest BCUT2D eigenvalue weighted by molar-refractivity contribution is 5.37. The first-order valence-corrected chi connectivity index (χ1v) is 2.84. The second-order valence-corrected chi connectivity index (χ2v) is 1.77. The third-order valence-corrected chi connectivity index (χ3v) is 1.02. The number of benzene rings is 1. The fourth-order valence-electron chi connectivity index (χ4n) is 0.603. The highest BCUT2D eigenvalue weighted by Crippen LogP contribution is 2.25. The second-order valence-electron chi connectivity index (χ2n) is 1.77. The van der Waals surface area contributed by atoms with Crippen LogP contribution in [0.15, 0.2) is 18.2 Å². The number of alkyl halides is 2. The van der Waals surface area contributed by atoms with Crippen LogP contribution in [0.5, 0.6) is 11.5 Å². The maximum absolute atomic E-state index is 11.6. The van der Waals surface area contributed by atoms with Crippen LogP contribution >= 0.6 is 0 Å². The lowest BCUT2D eigenvalue weighted by molar-refractivity contribution is -0.0512.